The largest absolute Gasteiger partial charge is 0.350 e. The van der Waals surface area contributed by atoms with Crippen molar-refractivity contribution in [2.45, 2.75) is 32.1 Å². The fourth-order valence-electron chi connectivity index (χ4n) is 1.29. The summed E-state index contributed by atoms with van der Waals surface area (Å²) in [6, 6.07) is 0. The fourth-order valence-corrected chi connectivity index (χ4v) is 1.59. The first-order valence-electron chi connectivity index (χ1n) is 5.07. The van der Waals surface area contributed by atoms with Crippen LogP contribution in [-0.4, -0.2) is 28.0 Å². The van der Waals surface area contributed by atoms with Gasteiger partial charge in [-0.15, -0.1) is 11.6 Å². The van der Waals surface area contributed by atoms with Crippen molar-refractivity contribution in [3.05, 3.63) is 17.5 Å². The van der Waals surface area contributed by atoms with Gasteiger partial charge in [-0.1, -0.05) is 13.3 Å². The monoisotopic (exact) mass is 229 g/mol. The second kappa shape index (κ2) is 5.75. The van der Waals surface area contributed by atoms with Crippen LogP contribution < -0.4 is 5.32 Å². The molecular weight excluding hydrogens is 214 g/mol. The number of alkyl halides is 1. The van der Waals surface area contributed by atoms with E-state index in [1.54, 1.807) is 0 Å². The predicted octanol–water partition coefficient (Wildman–Crippen LogP) is 1.86. The molecule has 1 unspecified atom stereocenters. The molecule has 0 saturated carbocycles. The van der Waals surface area contributed by atoms with Gasteiger partial charge < -0.3 is 5.32 Å². The van der Waals surface area contributed by atoms with Crippen LogP contribution in [0.2, 0.25) is 0 Å². The summed E-state index contributed by atoms with van der Waals surface area (Å²) in [4.78, 5) is 11.6. The minimum atomic E-state index is -0.122. The molecule has 1 atom stereocenters. The van der Waals surface area contributed by atoms with E-state index in [4.69, 9.17) is 11.6 Å². The third-order valence-electron chi connectivity index (χ3n) is 2.16. The van der Waals surface area contributed by atoms with Crippen molar-refractivity contribution in [1.82, 2.24) is 15.5 Å². The number of hydrogen-bond donors (Lipinski definition) is 2. The van der Waals surface area contributed by atoms with Gasteiger partial charge in [0.25, 0.3) is 5.91 Å². The molecule has 0 aromatic carbocycles. The zero-order valence-corrected chi connectivity index (χ0v) is 9.77. The molecule has 5 heteroatoms. The molecule has 0 aliphatic heterocycles. The van der Waals surface area contributed by atoms with Crippen LogP contribution in [-0.2, 0) is 0 Å². The molecule has 15 heavy (non-hydrogen) atoms. The maximum Gasteiger partial charge on any atom is 0.254 e. The lowest BCUT2D eigenvalue weighted by Crippen LogP contribution is -2.29. The number of hydrogen-bond acceptors (Lipinski definition) is 2. The normalized spacial score (nSPS) is 12.5. The number of amides is 1. The average Bonchev–Trinajstić information content (AvgIpc) is 2.61. The Kier molecular flexibility index (Phi) is 4.62. The van der Waals surface area contributed by atoms with Crippen LogP contribution in [0.4, 0.5) is 0 Å². The highest BCUT2D eigenvalue weighted by molar-refractivity contribution is 6.20. The summed E-state index contributed by atoms with van der Waals surface area (Å²) >= 11 is 5.99. The predicted molar refractivity (Wildman–Crippen MR) is 60.2 cm³/mol. The zero-order valence-electron chi connectivity index (χ0n) is 9.01. The summed E-state index contributed by atoms with van der Waals surface area (Å²) in [5, 5.41) is 9.29. The van der Waals surface area contributed by atoms with Crippen LogP contribution in [0.5, 0.6) is 0 Å². The van der Waals surface area contributed by atoms with E-state index in [1.165, 1.54) is 6.20 Å². The molecule has 0 radical (unpaired) electrons. The molecule has 0 aliphatic carbocycles. The smallest absolute Gasteiger partial charge is 0.254 e. The van der Waals surface area contributed by atoms with E-state index < -0.39 is 0 Å². The Morgan fingerprint density at radius 1 is 1.73 bits per heavy atom. The summed E-state index contributed by atoms with van der Waals surface area (Å²) < 4.78 is 0. The van der Waals surface area contributed by atoms with Gasteiger partial charge in [-0.2, -0.15) is 5.10 Å². The number of aromatic amines is 1. The van der Waals surface area contributed by atoms with Gasteiger partial charge >= 0.3 is 0 Å². The van der Waals surface area contributed by atoms with Crippen molar-refractivity contribution in [2.24, 2.45) is 0 Å². The topological polar surface area (TPSA) is 57.8 Å². The molecule has 0 bridgehead atoms. The number of H-pyrrole nitrogens is 1. The van der Waals surface area contributed by atoms with Crippen LogP contribution in [0, 0.1) is 6.92 Å². The number of aryl methyl sites for hydroxylation is 1. The Morgan fingerprint density at radius 2 is 2.47 bits per heavy atom. The van der Waals surface area contributed by atoms with Gasteiger partial charge in [0, 0.05) is 12.2 Å². The highest BCUT2D eigenvalue weighted by Gasteiger charge is 2.11. The SMILES string of the molecule is CCCC(Cl)CNC(=O)c1cn[nH]c1C. The lowest BCUT2D eigenvalue weighted by molar-refractivity contribution is 0.0952. The Bertz CT molecular complexity index is 324. The van der Waals surface area contributed by atoms with Gasteiger partial charge in [0.2, 0.25) is 0 Å². The molecule has 1 aromatic heterocycles. The average molecular weight is 230 g/mol. The lowest BCUT2D eigenvalue weighted by atomic mass is 10.2. The Hall–Kier alpha value is -1.03. The maximum atomic E-state index is 11.6. The third-order valence-corrected chi connectivity index (χ3v) is 2.53. The number of halogens is 1. The Morgan fingerprint density at radius 3 is 3.00 bits per heavy atom. The van der Waals surface area contributed by atoms with E-state index in [2.05, 4.69) is 22.4 Å². The minimum absolute atomic E-state index is 0.00570. The van der Waals surface area contributed by atoms with Gasteiger partial charge in [0.1, 0.15) is 0 Å². The summed E-state index contributed by atoms with van der Waals surface area (Å²) in [6.45, 7) is 4.38. The van der Waals surface area contributed by atoms with E-state index in [-0.39, 0.29) is 11.3 Å². The standard InChI is InChI=1S/C10H16ClN3O/c1-3-4-8(11)5-12-10(15)9-6-13-14-7(9)2/h6,8H,3-5H2,1-2H3,(H,12,15)(H,13,14). The number of nitrogens with one attached hydrogen (secondary N) is 2. The van der Waals surface area contributed by atoms with Crippen molar-refractivity contribution >= 4 is 17.5 Å². The first-order valence-corrected chi connectivity index (χ1v) is 5.51. The fraction of sp³-hybridized carbons (Fsp3) is 0.600. The van der Waals surface area contributed by atoms with Crippen LogP contribution in [0.3, 0.4) is 0 Å². The molecular formula is C10H16ClN3O. The summed E-state index contributed by atoms with van der Waals surface area (Å²) in [5.74, 6) is -0.122. The van der Waals surface area contributed by atoms with E-state index in [1.807, 2.05) is 6.92 Å². The first kappa shape index (κ1) is 12.0. The number of aromatic nitrogens is 2. The zero-order chi connectivity index (χ0) is 11.3. The van der Waals surface area contributed by atoms with Crippen molar-refractivity contribution in [3.8, 4) is 0 Å². The molecule has 84 valence electrons. The maximum absolute atomic E-state index is 11.6. The Balaban J connectivity index is 2.40. The van der Waals surface area contributed by atoms with Crippen LogP contribution in [0.25, 0.3) is 0 Å². The van der Waals surface area contributed by atoms with Gasteiger partial charge in [-0.05, 0) is 13.3 Å². The van der Waals surface area contributed by atoms with Crippen LogP contribution >= 0.6 is 11.6 Å². The summed E-state index contributed by atoms with van der Waals surface area (Å²) in [5.41, 5.74) is 1.35. The van der Waals surface area contributed by atoms with Crippen molar-refractivity contribution in [3.63, 3.8) is 0 Å². The summed E-state index contributed by atoms with van der Waals surface area (Å²) in [7, 11) is 0. The molecule has 1 rings (SSSR count). The van der Waals surface area contributed by atoms with Crippen molar-refractivity contribution < 1.29 is 4.79 Å². The van der Waals surface area contributed by atoms with Gasteiger partial charge in [0.05, 0.1) is 17.1 Å². The second-order valence-electron chi connectivity index (χ2n) is 3.50. The van der Waals surface area contributed by atoms with Crippen LogP contribution in [0.15, 0.2) is 6.20 Å². The summed E-state index contributed by atoms with van der Waals surface area (Å²) in [6.07, 6.45) is 3.45. The molecule has 4 nitrogen and oxygen atoms in total. The highest BCUT2D eigenvalue weighted by atomic mass is 35.5. The molecule has 1 aromatic rings. The number of rotatable bonds is 5. The molecule has 0 fully saturated rings. The first-order chi connectivity index (χ1) is 7.15. The highest BCUT2D eigenvalue weighted by Crippen LogP contribution is 2.05. The van der Waals surface area contributed by atoms with Crippen LogP contribution in [0.1, 0.15) is 35.8 Å². The van der Waals surface area contributed by atoms with Gasteiger partial charge in [-0.3, -0.25) is 9.89 Å². The molecule has 2 N–H and O–H groups in total. The van der Waals surface area contributed by atoms with E-state index in [0.29, 0.717) is 12.1 Å². The molecule has 0 saturated heterocycles. The number of carbonyl (C=O) groups excluding carboxylic acids is 1. The quantitative estimate of drug-likeness (QED) is 0.758. The second-order valence-corrected chi connectivity index (χ2v) is 4.12. The van der Waals surface area contributed by atoms with E-state index >= 15 is 0 Å². The van der Waals surface area contributed by atoms with E-state index in [0.717, 1.165) is 18.5 Å². The van der Waals surface area contributed by atoms with Crippen molar-refractivity contribution in [2.75, 3.05) is 6.54 Å². The van der Waals surface area contributed by atoms with Crippen molar-refractivity contribution in [1.29, 1.82) is 0 Å². The Labute approximate surface area is 94.4 Å². The lowest BCUT2D eigenvalue weighted by Gasteiger charge is -2.09. The third kappa shape index (κ3) is 3.55. The van der Waals surface area contributed by atoms with Gasteiger partial charge in [-0.25, -0.2) is 0 Å². The minimum Gasteiger partial charge on any atom is -0.350 e. The van der Waals surface area contributed by atoms with E-state index in [9.17, 15) is 4.79 Å². The molecule has 1 amide bonds. The molecule has 0 spiro atoms. The molecule has 0 aliphatic rings. The van der Waals surface area contributed by atoms with Gasteiger partial charge in [0.15, 0.2) is 0 Å². The number of nitrogens with zero attached hydrogens (tertiary/aromatic N) is 1. The number of carbonyl (C=O) groups is 1. The molecule has 1 heterocycles.